The fourth-order valence-corrected chi connectivity index (χ4v) is 12.8. The molecule has 0 aromatic heterocycles. The lowest BCUT2D eigenvalue weighted by atomic mass is 10.0. The van der Waals surface area contributed by atoms with Crippen molar-refractivity contribution in [2.24, 2.45) is 5.73 Å². The van der Waals surface area contributed by atoms with E-state index in [2.05, 4.69) is 111 Å². The number of hydrogen-bond acceptors (Lipinski definition) is 8. The molecule has 0 aliphatic heterocycles. The Balaban J connectivity index is 3.80. The molecule has 552 valence electrons. The summed E-state index contributed by atoms with van der Waals surface area (Å²) in [6.45, 7) is 3.70. The van der Waals surface area contributed by atoms with E-state index in [1.165, 1.54) is 276 Å². The number of hydrogen-bond donors (Lipinski definition) is 2. The van der Waals surface area contributed by atoms with Gasteiger partial charge in [-0.05, 0) is 77.0 Å². The van der Waals surface area contributed by atoms with Crippen molar-refractivity contribution in [1.29, 1.82) is 0 Å². The molecule has 0 aromatic rings. The van der Waals surface area contributed by atoms with Crippen LogP contribution in [-0.2, 0) is 32.7 Å². The molecule has 0 heterocycles. The first-order valence-corrected chi connectivity index (χ1v) is 42.2. The van der Waals surface area contributed by atoms with Crippen LogP contribution in [0.5, 0.6) is 0 Å². The molecule has 10 heteroatoms. The van der Waals surface area contributed by atoms with Gasteiger partial charge in [-0.3, -0.25) is 18.6 Å². The van der Waals surface area contributed by atoms with Gasteiger partial charge in [0, 0.05) is 19.4 Å². The van der Waals surface area contributed by atoms with Crippen molar-refractivity contribution < 1.29 is 37.6 Å². The third kappa shape index (κ3) is 79.8. The highest BCUT2D eigenvalue weighted by molar-refractivity contribution is 7.47. The first-order chi connectivity index (χ1) is 46.8. The molecule has 95 heavy (non-hydrogen) atoms. The number of rotatable bonds is 77. The molecule has 0 fully saturated rings. The number of esters is 2. The summed E-state index contributed by atoms with van der Waals surface area (Å²) in [4.78, 5) is 35.5. The van der Waals surface area contributed by atoms with E-state index >= 15 is 0 Å². The Bertz CT molecular complexity index is 1890. The topological polar surface area (TPSA) is 134 Å². The molecule has 0 aromatic carbocycles. The summed E-state index contributed by atoms with van der Waals surface area (Å²) in [6, 6.07) is 0. The number of phosphoric ester groups is 1. The Labute approximate surface area is 588 Å². The zero-order chi connectivity index (χ0) is 68.6. The summed E-state index contributed by atoms with van der Waals surface area (Å²) < 4.78 is 33.3. The molecule has 9 nitrogen and oxygen atoms in total. The number of carbonyl (C=O) groups is 2. The molecule has 0 amide bonds. The van der Waals surface area contributed by atoms with Gasteiger partial charge in [0.2, 0.25) is 0 Å². The van der Waals surface area contributed by atoms with Crippen molar-refractivity contribution in [3.63, 3.8) is 0 Å². The van der Waals surface area contributed by atoms with Gasteiger partial charge in [-0.25, -0.2) is 4.57 Å². The molecule has 3 N–H and O–H groups in total. The van der Waals surface area contributed by atoms with Crippen molar-refractivity contribution in [2.75, 3.05) is 26.4 Å². The Morgan fingerprint density at radius 1 is 0.326 bits per heavy atom. The third-order valence-corrected chi connectivity index (χ3v) is 19.0. The van der Waals surface area contributed by atoms with Crippen molar-refractivity contribution >= 4 is 19.8 Å². The van der Waals surface area contributed by atoms with E-state index in [-0.39, 0.29) is 38.6 Å². The fourth-order valence-electron chi connectivity index (χ4n) is 12.0. The number of ether oxygens (including phenoxy) is 2. The van der Waals surface area contributed by atoms with Crippen molar-refractivity contribution in [3.8, 4) is 0 Å². The molecule has 0 saturated carbocycles. The third-order valence-electron chi connectivity index (χ3n) is 18.0. The van der Waals surface area contributed by atoms with E-state index in [1.807, 2.05) is 0 Å². The summed E-state index contributed by atoms with van der Waals surface area (Å²) in [6.07, 6.45) is 110. The summed E-state index contributed by atoms with van der Waals surface area (Å²) in [5.41, 5.74) is 5.42. The Kier molecular flexibility index (Phi) is 77.3. The summed E-state index contributed by atoms with van der Waals surface area (Å²) in [7, 11) is -4.40. The van der Waals surface area contributed by atoms with Gasteiger partial charge in [0.25, 0.3) is 0 Å². The maximum Gasteiger partial charge on any atom is 0.472 e. The van der Waals surface area contributed by atoms with Crippen LogP contribution in [-0.4, -0.2) is 49.3 Å². The molecule has 0 aliphatic carbocycles. The predicted molar refractivity (Wildman–Crippen MR) is 413 cm³/mol. The highest BCUT2D eigenvalue weighted by Gasteiger charge is 2.26. The van der Waals surface area contributed by atoms with Crippen LogP contribution in [0, 0.1) is 0 Å². The molecular formula is C85H154NO8P. The molecule has 2 unspecified atom stereocenters. The normalized spacial score (nSPS) is 13.3. The predicted octanol–water partition coefficient (Wildman–Crippen LogP) is 27.4. The van der Waals surface area contributed by atoms with Gasteiger partial charge in [-0.2, -0.15) is 0 Å². The van der Waals surface area contributed by atoms with E-state index in [1.54, 1.807) is 0 Å². The number of nitrogens with two attached hydrogens (primary N) is 1. The number of phosphoric acid groups is 1. The molecule has 0 aliphatic rings. The second-order valence-electron chi connectivity index (χ2n) is 27.3. The first kappa shape index (κ1) is 91.9. The van der Waals surface area contributed by atoms with Crippen LogP contribution in [0.1, 0.15) is 399 Å². The maximum absolute atomic E-state index is 12.8. The van der Waals surface area contributed by atoms with Crippen LogP contribution in [0.4, 0.5) is 0 Å². The van der Waals surface area contributed by atoms with Crippen LogP contribution in [0.25, 0.3) is 0 Å². The summed E-state index contributed by atoms with van der Waals surface area (Å²) >= 11 is 0. The van der Waals surface area contributed by atoms with Crippen molar-refractivity contribution in [2.45, 2.75) is 405 Å². The minimum Gasteiger partial charge on any atom is -0.462 e. The van der Waals surface area contributed by atoms with Gasteiger partial charge in [0.1, 0.15) is 6.61 Å². The van der Waals surface area contributed by atoms with Crippen molar-refractivity contribution in [1.82, 2.24) is 0 Å². The zero-order valence-corrected chi connectivity index (χ0v) is 63.3. The molecule has 0 radical (unpaired) electrons. The van der Waals surface area contributed by atoms with E-state index < -0.39 is 26.5 Å². The van der Waals surface area contributed by atoms with Crippen LogP contribution in [0.2, 0.25) is 0 Å². The Hall–Kier alpha value is -3.07. The lowest BCUT2D eigenvalue weighted by Gasteiger charge is -2.19. The monoisotopic (exact) mass is 1350 g/mol. The number of carbonyl (C=O) groups excluding carboxylic acids is 2. The van der Waals surface area contributed by atoms with Crippen LogP contribution in [0.15, 0.2) is 97.2 Å². The van der Waals surface area contributed by atoms with Gasteiger partial charge in [0.15, 0.2) is 6.10 Å². The lowest BCUT2D eigenvalue weighted by molar-refractivity contribution is -0.161. The second kappa shape index (κ2) is 79.9. The number of allylic oxidation sites excluding steroid dienone is 16. The van der Waals surface area contributed by atoms with Crippen LogP contribution >= 0.6 is 7.82 Å². The van der Waals surface area contributed by atoms with Crippen molar-refractivity contribution in [3.05, 3.63) is 97.2 Å². The highest BCUT2D eigenvalue weighted by atomic mass is 31.2. The highest BCUT2D eigenvalue weighted by Crippen LogP contribution is 2.43. The van der Waals surface area contributed by atoms with Gasteiger partial charge in [-0.1, -0.05) is 406 Å². The molecule has 0 bridgehead atoms. The molecule has 0 rings (SSSR count). The summed E-state index contributed by atoms with van der Waals surface area (Å²) in [5, 5.41) is 0. The van der Waals surface area contributed by atoms with E-state index in [0.717, 1.165) is 89.9 Å². The molecule has 2 atom stereocenters. The largest absolute Gasteiger partial charge is 0.472 e. The lowest BCUT2D eigenvalue weighted by Crippen LogP contribution is -2.29. The Morgan fingerprint density at radius 2 is 0.579 bits per heavy atom. The van der Waals surface area contributed by atoms with Gasteiger partial charge >= 0.3 is 19.8 Å². The second-order valence-corrected chi connectivity index (χ2v) is 28.7. The molecular weight excluding hydrogens is 1190 g/mol. The first-order valence-electron chi connectivity index (χ1n) is 40.7. The van der Waals surface area contributed by atoms with Crippen LogP contribution < -0.4 is 5.73 Å². The van der Waals surface area contributed by atoms with Gasteiger partial charge in [-0.15, -0.1) is 0 Å². The van der Waals surface area contributed by atoms with Gasteiger partial charge < -0.3 is 20.1 Å². The smallest absolute Gasteiger partial charge is 0.462 e. The maximum atomic E-state index is 12.8. The fraction of sp³-hybridized carbons (Fsp3) is 0.788. The average Bonchev–Trinajstić information content (AvgIpc) is 2.75. The van der Waals surface area contributed by atoms with Crippen LogP contribution in [0.3, 0.4) is 0 Å². The van der Waals surface area contributed by atoms with E-state index in [9.17, 15) is 19.0 Å². The minimum atomic E-state index is -4.40. The zero-order valence-electron chi connectivity index (χ0n) is 62.4. The average molecular weight is 1350 g/mol. The Morgan fingerprint density at radius 3 is 0.863 bits per heavy atom. The quantitative estimate of drug-likeness (QED) is 0.0264. The van der Waals surface area contributed by atoms with E-state index in [4.69, 9.17) is 24.3 Å². The summed E-state index contributed by atoms with van der Waals surface area (Å²) in [5.74, 6) is -0.809. The SMILES string of the molecule is CC/C=C\C/C=C\C/C=C\C/C=C\C/C=C\C/C=C\C/C=C\C/C=C\CCCCCCCCCCCCCCCCCCC(=O)OC(COC(=O)CCCCCCCCCCCCCCCCCCCCCCCCCCCCCCCCCCC)COP(=O)(O)OCCN. The minimum absolute atomic E-state index is 0.0532. The van der Waals surface area contributed by atoms with Gasteiger partial charge in [0.05, 0.1) is 13.2 Å². The molecule has 0 saturated heterocycles. The standard InChI is InChI=1S/C85H154NO8P/c1-3-5-7-9-11-13-15-17-19-21-23-25-27-29-31-33-35-37-38-39-40-41-42-43-44-46-48-50-52-54-56-58-60-62-64-66-68-70-72-74-76-78-85(88)94-83(82-93-95(89,90)92-80-79-86)81-91-84(87)77-75-73-71-69-67-65-63-61-59-57-55-53-51-49-47-45-36-34-32-30-28-26-24-22-20-18-16-14-12-10-8-6-4-2/h5,7,11,13,17,19,23,25,29,31,35,37,39-40,42-43,83H,3-4,6,8-10,12,14-16,18,20-22,24,26-28,30,32-34,36,38,41,44-82,86H2,1-2H3,(H,89,90)/b7-5-,13-11-,19-17-,25-23-,31-29-,37-35-,40-39-,43-42-. The number of unbranched alkanes of at least 4 members (excludes halogenated alkanes) is 48. The molecule has 0 spiro atoms. The van der Waals surface area contributed by atoms with E-state index in [0.29, 0.717) is 6.42 Å².